The van der Waals surface area contributed by atoms with Crippen molar-refractivity contribution in [3.05, 3.63) is 30.5 Å². The number of nitrogens with zero attached hydrogens (tertiary/aromatic N) is 1. The Hall–Kier alpha value is -1.97. The molecule has 0 fully saturated rings. The molecule has 4 nitrogen and oxygen atoms in total. The summed E-state index contributed by atoms with van der Waals surface area (Å²) < 4.78 is 12.6. The molecule has 0 aliphatic carbocycles. The molecule has 0 unspecified atom stereocenters. The summed E-state index contributed by atoms with van der Waals surface area (Å²) in [5.41, 5.74) is 0.536. The molecule has 0 aliphatic rings. The van der Waals surface area contributed by atoms with E-state index in [9.17, 15) is 4.79 Å². The van der Waals surface area contributed by atoms with E-state index < -0.39 is 5.41 Å². The maximum absolute atomic E-state index is 11.8. The number of aromatic nitrogens is 1. The summed E-state index contributed by atoms with van der Waals surface area (Å²) in [6.45, 7) is 7.18. The molecule has 0 atom stereocenters. The van der Waals surface area contributed by atoms with Gasteiger partial charge >= 0.3 is 5.97 Å². The first-order valence-corrected chi connectivity index (χ1v) is 7.28. The number of esters is 1. The van der Waals surface area contributed by atoms with Crippen LogP contribution >= 0.6 is 0 Å². The summed E-state index contributed by atoms with van der Waals surface area (Å²) in [5.74, 6) is 0.682. The number of ether oxygens (including phenoxy) is 2. The van der Waals surface area contributed by atoms with Crippen LogP contribution in [0.25, 0.3) is 10.9 Å². The fraction of sp³-hybridized carbons (Fsp3) is 0.471. The first-order valence-electron chi connectivity index (χ1n) is 7.28. The van der Waals surface area contributed by atoms with Gasteiger partial charge in [-0.15, -0.1) is 0 Å². The molecule has 0 N–H and O–H groups in total. The van der Waals surface area contributed by atoms with Gasteiger partial charge in [0.05, 0.1) is 19.1 Å². The summed E-state index contributed by atoms with van der Waals surface area (Å²) in [6, 6.07) is 8.08. The number of fused-ring (bicyclic) bond motifs is 1. The lowest BCUT2D eigenvalue weighted by atomic mass is 9.93. The number of rotatable bonds is 6. The zero-order chi connectivity index (χ0) is 15.5. The van der Waals surface area contributed by atoms with Crippen LogP contribution in [0.15, 0.2) is 30.5 Å². The minimum Gasteiger partial charge on any atom is -0.494 e. The van der Waals surface area contributed by atoms with Crippen molar-refractivity contribution in [3.63, 3.8) is 0 Å². The molecule has 114 valence electrons. The second kappa shape index (κ2) is 6.20. The van der Waals surface area contributed by atoms with E-state index >= 15 is 0 Å². The summed E-state index contributed by atoms with van der Waals surface area (Å²) in [4.78, 5) is 11.8. The Balaban J connectivity index is 2.24. The number of carbonyl (C=O) groups excluding carboxylic acids is 1. The first kappa shape index (κ1) is 15.4. The van der Waals surface area contributed by atoms with Gasteiger partial charge in [0.1, 0.15) is 5.75 Å². The van der Waals surface area contributed by atoms with E-state index in [1.165, 1.54) is 7.11 Å². The maximum atomic E-state index is 11.8. The van der Waals surface area contributed by atoms with E-state index in [0.29, 0.717) is 6.54 Å². The largest absolute Gasteiger partial charge is 0.494 e. The molecule has 0 aliphatic heterocycles. The lowest BCUT2D eigenvalue weighted by Gasteiger charge is -2.22. The molecule has 1 aromatic carbocycles. The molecule has 4 heteroatoms. The Morgan fingerprint density at radius 3 is 2.71 bits per heavy atom. The average molecular weight is 289 g/mol. The highest BCUT2D eigenvalue weighted by Gasteiger charge is 2.29. The highest BCUT2D eigenvalue weighted by molar-refractivity contribution is 5.82. The van der Waals surface area contributed by atoms with Crippen LogP contribution in [0.1, 0.15) is 27.2 Å². The highest BCUT2D eigenvalue weighted by Crippen LogP contribution is 2.26. The molecular weight excluding hydrogens is 266 g/mol. The van der Waals surface area contributed by atoms with Crippen LogP contribution < -0.4 is 4.74 Å². The fourth-order valence-corrected chi connectivity index (χ4v) is 2.39. The van der Waals surface area contributed by atoms with Crippen LogP contribution in [-0.4, -0.2) is 24.3 Å². The average Bonchev–Trinajstić information content (AvgIpc) is 2.86. The van der Waals surface area contributed by atoms with Crippen molar-refractivity contribution in [2.75, 3.05) is 13.7 Å². The molecule has 0 bridgehead atoms. The van der Waals surface area contributed by atoms with Crippen molar-refractivity contribution in [1.29, 1.82) is 0 Å². The number of hydrogen-bond donors (Lipinski definition) is 0. The third-order valence-electron chi connectivity index (χ3n) is 3.52. The minimum absolute atomic E-state index is 0.202. The predicted molar refractivity (Wildman–Crippen MR) is 83.5 cm³/mol. The Morgan fingerprint density at radius 2 is 2.05 bits per heavy atom. The molecule has 1 aromatic heterocycles. The predicted octanol–water partition coefficient (Wildman–Crippen LogP) is 3.63. The van der Waals surface area contributed by atoms with Crippen LogP contribution in [0.2, 0.25) is 0 Å². The SMILES string of the molecule is CCCOc1ccc2c(ccn2CC(C)(C)C(=O)OC)c1. The second-order valence-electron chi connectivity index (χ2n) is 5.89. The molecule has 1 heterocycles. The van der Waals surface area contributed by atoms with E-state index in [0.717, 1.165) is 29.7 Å². The minimum atomic E-state index is -0.557. The standard InChI is InChI=1S/C17H23NO3/c1-5-10-21-14-6-7-15-13(11-14)8-9-18(15)12-17(2,3)16(19)20-4/h6-9,11H,5,10,12H2,1-4H3. The van der Waals surface area contributed by atoms with E-state index in [2.05, 4.69) is 11.5 Å². The van der Waals surface area contributed by atoms with Crippen molar-refractivity contribution in [2.45, 2.75) is 33.7 Å². The van der Waals surface area contributed by atoms with Gasteiger partial charge in [-0.05, 0) is 44.5 Å². The molecular formula is C17H23NO3. The zero-order valence-corrected chi connectivity index (χ0v) is 13.2. The summed E-state index contributed by atoms with van der Waals surface area (Å²) in [6.07, 6.45) is 2.99. The molecule has 0 amide bonds. The summed E-state index contributed by atoms with van der Waals surface area (Å²) in [7, 11) is 1.43. The third-order valence-corrected chi connectivity index (χ3v) is 3.52. The topological polar surface area (TPSA) is 40.5 Å². The van der Waals surface area contributed by atoms with Crippen LogP contribution in [0, 0.1) is 5.41 Å². The van der Waals surface area contributed by atoms with Crippen LogP contribution in [0.5, 0.6) is 5.75 Å². The van der Waals surface area contributed by atoms with Crippen LogP contribution in [-0.2, 0) is 16.1 Å². The first-order chi connectivity index (χ1) is 9.97. The number of carbonyl (C=O) groups is 1. The highest BCUT2D eigenvalue weighted by atomic mass is 16.5. The van der Waals surface area contributed by atoms with Gasteiger partial charge in [0.15, 0.2) is 0 Å². The number of benzene rings is 1. The Morgan fingerprint density at radius 1 is 1.29 bits per heavy atom. The van der Waals surface area contributed by atoms with Gasteiger partial charge in [-0.1, -0.05) is 6.92 Å². The van der Waals surface area contributed by atoms with Crippen LogP contribution in [0.4, 0.5) is 0 Å². The Labute approximate surface area is 125 Å². The number of hydrogen-bond acceptors (Lipinski definition) is 3. The quantitative estimate of drug-likeness (QED) is 0.762. The molecule has 0 saturated carbocycles. The normalized spacial score (nSPS) is 11.6. The van der Waals surface area contributed by atoms with Gasteiger partial charge < -0.3 is 14.0 Å². The zero-order valence-electron chi connectivity index (χ0n) is 13.2. The monoisotopic (exact) mass is 289 g/mol. The van der Waals surface area contributed by atoms with Gasteiger partial charge in [0.2, 0.25) is 0 Å². The van der Waals surface area contributed by atoms with Gasteiger partial charge in [0, 0.05) is 23.6 Å². The van der Waals surface area contributed by atoms with Crippen molar-refractivity contribution in [1.82, 2.24) is 4.57 Å². The van der Waals surface area contributed by atoms with Crippen molar-refractivity contribution in [2.24, 2.45) is 5.41 Å². The molecule has 2 aromatic rings. The molecule has 0 radical (unpaired) electrons. The van der Waals surface area contributed by atoms with E-state index in [1.807, 2.05) is 44.3 Å². The smallest absolute Gasteiger partial charge is 0.313 e. The van der Waals surface area contributed by atoms with Crippen molar-refractivity contribution in [3.8, 4) is 5.75 Å². The number of methoxy groups -OCH3 is 1. The second-order valence-corrected chi connectivity index (χ2v) is 5.89. The maximum Gasteiger partial charge on any atom is 0.313 e. The lowest BCUT2D eigenvalue weighted by Crippen LogP contribution is -2.30. The van der Waals surface area contributed by atoms with Crippen LogP contribution in [0.3, 0.4) is 0 Å². The lowest BCUT2D eigenvalue weighted by molar-refractivity contribution is -0.151. The third kappa shape index (κ3) is 3.38. The molecule has 0 saturated heterocycles. The van der Waals surface area contributed by atoms with Crippen molar-refractivity contribution >= 4 is 16.9 Å². The van der Waals surface area contributed by atoms with Gasteiger partial charge in [-0.2, -0.15) is 0 Å². The Bertz CT molecular complexity index is 628. The summed E-state index contributed by atoms with van der Waals surface area (Å²) in [5, 5.41) is 1.12. The van der Waals surface area contributed by atoms with E-state index in [-0.39, 0.29) is 5.97 Å². The van der Waals surface area contributed by atoms with Crippen molar-refractivity contribution < 1.29 is 14.3 Å². The van der Waals surface area contributed by atoms with E-state index in [4.69, 9.17) is 9.47 Å². The summed E-state index contributed by atoms with van der Waals surface area (Å²) >= 11 is 0. The van der Waals surface area contributed by atoms with Gasteiger partial charge in [0.25, 0.3) is 0 Å². The van der Waals surface area contributed by atoms with E-state index in [1.54, 1.807) is 0 Å². The molecule has 2 rings (SSSR count). The Kier molecular flexibility index (Phi) is 4.56. The molecule has 21 heavy (non-hydrogen) atoms. The van der Waals surface area contributed by atoms with Gasteiger partial charge in [-0.3, -0.25) is 4.79 Å². The van der Waals surface area contributed by atoms with Gasteiger partial charge in [-0.25, -0.2) is 0 Å². The molecule has 0 spiro atoms. The fourth-order valence-electron chi connectivity index (χ4n) is 2.39.